The molecular formula is C55H42N2. The van der Waals surface area contributed by atoms with Gasteiger partial charge >= 0.3 is 0 Å². The van der Waals surface area contributed by atoms with E-state index in [9.17, 15) is 0 Å². The number of nitrogens with zero attached hydrogens (tertiary/aromatic N) is 2. The van der Waals surface area contributed by atoms with E-state index in [4.69, 9.17) is 0 Å². The molecule has 9 aromatic rings. The first-order valence-corrected chi connectivity index (χ1v) is 19.8. The third-order valence-electron chi connectivity index (χ3n) is 11.6. The van der Waals surface area contributed by atoms with Crippen molar-refractivity contribution in [3.05, 3.63) is 229 Å². The highest BCUT2D eigenvalue weighted by Crippen LogP contribution is 2.50. The molecule has 0 radical (unpaired) electrons. The number of rotatable bonds is 8. The van der Waals surface area contributed by atoms with E-state index in [1.807, 2.05) is 0 Å². The molecule has 0 aliphatic heterocycles. The molecule has 0 amide bonds. The first-order chi connectivity index (χ1) is 28.0. The summed E-state index contributed by atoms with van der Waals surface area (Å²) < 4.78 is 0. The van der Waals surface area contributed by atoms with Crippen molar-refractivity contribution >= 4 is 67.8 Å². The molecule has 57 heavy (non-hydrogen) atoms. The summed E-state index contributed by atoms with van der Waals surface area (Å²) in [5, 5.41) is 4.92. The summed E-state index contributed by atoms with van der Waals surface area (Å²) >= 11 is 0. The molecule has 1 aliphatic carbocycles. The van der Waals surface area contributed by atoms with Crippen molar-refractivity contribution in [1.82, 2.24) is 0 Å². The third kappa shape index (κ3) is 6.36. The van der Waals surface area contributed by atoms with Gasteiger partial charge in [0.2, 0.25) is 0 Å². The highest BCUT2D eigenvalue weighted by molar-refractivity contribution is 5.93. The highest BCUT2D eigenvalue weighted by Gasteiger charge is 2.35. The molecule has 2 heteroatoms. The van der Waals surface area contributed by atoms with Gasteiger partial charge in [-0.3, -0.25) is 0 Å². The van der Waals surface area contributed by atoms with Crippen LogP contribution in [0.4, 0.5) is 34.1 Å². The molecule has 0 atom stereocenters. The highest BCUT2D eigenvalue weighted by atomic mass is 15.1. The van der Waals surface area contributed by atoms with E-state index < -0.39 is 0 Å². The normalized spacial score (nSPS) is 12.8. The van der Waals surface area contributed by atoms with Crippen molar-refractivity contribution in [3.8, 4) is 11.1 Å². The number of para-hydroxylation sites is 1. The van der Waals surface area contributed by atoms with Crippen LogP contribution in [0, 0.1) is 0 Å². The Morgan fingerprint density at radius 2 is 0.719 bits per heavy atom. The Labute approximate surface area is 335 Å². The van der Waals surface area contributed by atoms with E-state index in [1.165, 1.54) is 43.8 Å². The molecule has 0 aromatic heterocycles. The maximum atomic E-state index is 2.39. The molecular weight excluding hydrogens is 689 g/mol. The van der Waals surface area contributed by atoms with Gasteiger partial charge in [-0.2, -0.15) is 0 Å². The minimum absolute atomic E-state index is 0.0672. The van der Waals surface area contributed by atoms with Crippen molar-refractivity contribution in [2.75, 3.05) is 9.80 Å². The van der Waals surface area contributed by atoms with Crippen molar-refractivity contribution in [2.24, 2.45) is 0 Å². The molecule has 0 heterocycles. The average Bonchev–Trinajstić information content (AvgIpc) is 3.49. The van der Waals surface area contributed by atoms with Gasteiger partial charge in [0.05, 0.1) is 0 Å². The molecule has 10 rings (SSSR count). The standard InChI is InChI=1S/C55H42N2/c1-55(2)53-19-11-10-18-51(53)52-35-34-50(38-54(52)55)56(45-16-4-3-5-17-45)46-28-22-39(23-29-46)20-21-40-24-30-47(31-25-40)57(48-32-26-41-12-6-8-14-43(41)36-48)49-33-27-42-13-7-9-15-44(42)37-49/h3-38H,1-2H3. The summed E-state index contributed by atoms with van der Waals surface area (Å²) in [6.45, 7) is 4.68. The zero-order chi connectivity index (χ0) is 38.3. The lowest BCUT2D eigenvalue weighted by Gasteiger charge is -2.28. The zero-order valence-electron chi connectivity index (χ0n) is 32.2. The summed E-state index contributed by atoms with van der Waals surface area (Å²) in [6.07, 6.45) is 4.40. The van der Waals surface area contributed by atoms with Gasteiger partial charge in [0, 0.05) is 39.5 Å². The third-order valence-corrected chi connectivity index (χ3v) is 11.6. The van der Waals surface area contributed by atoms with Crippen molar-refractivity contribution in [1.29, 1.82) is 0 Å². The van der Waals surface area contributed by atoms with Gasteiger partial charge in [0.1, 0.15) is 0 Å². The van der Waals surface area contributed by atoms with E-state index in [2.05, 4.69) is 242 Å². The van der Waals surface area contributed by atoms with E-state index in [-0.39, 0.29) is 5.41 Å². The van der Waals surface area contributed by atoms with Gasteiger partial charge in [-0.25, -0.2) is 0 Å². The van der Waals surface area contributed by atoms with Crippen LogP contribution in [0.3, 0.4) is 0 Å². The molecule has 0 saturated carbocycles. The molecule has 0 unspecified atom stereocenters. The number of anilines is 6. The van der Waals surface area contributed by atoms with Gasteiger partial charge < -0.3 is 9.80 Å². The maximum absolute atomic E-state index is 2.39. The fourth-order valence-corrected chi connectivity index (χ4v) is 8.60. The van der Waals surface area contributed by atoms with Crippen molar-refractivity contribution in [2.45, 2.75) is 19.3 Å². The second-order valence-corrected chi connectivity index (χ2v) is 15.5. The van der Waals surface area contributed by atoms with Crippen LogP contribution in [0.5, 0.6) is 0 Å². The predicted molar refractivity (Wildman–Crippen MR) is 244 cm³/mol. The van der Waals surface area contributed by atoms with E-state index >= 15 is 0 Å². The first kappa shape index (κ1) is 34.3. The number of hydrogen-bond acceptors (Lipinski definition) is 2. The smallest absolute Gasteiger partial charge is 0.0468 e. The summed E-state index contributed by atoms with van der Waals surface area (Å²) in [5.74, 6) is 0. The second kappa shape index (κ2) is 14.2. The quantitative estimate of drug-likeness (QED) is 0.144. The Hall–Kier alpha value is -7.16. The molecule has 0 spiro atoms. The summed E-state index contributed by atoms with van der Waals surface area (Å²) in [4.78, 5) is 4.72. The molecule has 1 aliphatic rings. The van der Waals surface area contributed by atoms with Gasteiger partial charge in [-0.05, 0) is 128 Å². The molecule has 0 fully saturated rings. The second-order valence-electron chi connectivity index (χ2n) is 15.5. The average molecular weight is 731 g/mol. The Morgan fingerprint density at radius 3 is 1.30 bits per heavy atom. The molecule has 0 saturated heterocycles. The van der Waals surface area contributed by atoms with E-state index in [0.717, 1.165) is 45.3 Å². The molecule has 2 nitrogen and oxygen atoms in total. The van der Waals surface area contributed by atoms with Crippen LogP contribution >= 0.6 is 0 Å². The lowest BCUT2D eigenvalue weighted by atomic mass is 9.82. The number of hydrogen-bond donors (Lipinski definition) is 0. The molecule has 0 N–H and O–H groups in total. The lowest BCUT2D eigenvalue weighted by molar-refractivity contribution is 0.660. The molecule has 272 valence electrons. The Balaban J connectivity index is 0.939. The van der Waals surface area contributed by atoms with Crippen LogP contribution in [0.1, 0.15) is 36.1 Å². The Bertz CT molecular complexity index is 2840. The Morgan fingerprint density at radius 1 is 0.316 bits per heavy atom. The van der Waals surface area contributed by atoms with Crippen LogP contribution in [0.2, 0.25) is 0 Å². The van der Waals surface area contributed by atoms with Gasteiger partial charge in [0.25, 0.3) is 0 Å². The Kier molecular flexibility index (Phi) is 8.53. The van der Waals surface area contributed by atoms with Crippen molar-refractivity contribution in [3.63, 3.8) is 0 Å². The summed E-state index contributed by atoms with van der Waals surface area (Å²) in [7, 11) is 0. The zero-order valence-corrected chi connectivity index (χ0v) is 32.2. The fraction of sp³-hybridized carbons (Fsp3) is 0.0545. The van der Waals surface area contributed by atoms with Crippen LogP contribution in [0.15, 0.2) is 206 Å². The fourth-order valence-electron chi connectivity index (χ4n) is 8.60. The maximum Gasteiger partial charge on any atom is 0.0468 e. The van der Waals surface area contributed by atoms with Crippen molar-refractivity contribution < 1.29 is 0 Å². The predicted octanol–water partition coefficient (Wildman–Crippen LogP) is 15.4. The van der Waals surface area contributed by atoms with Gasteiger partial charge in [-0.15, -0.1) is 0 Å². The molecule has 9 aromatic carbocycles. The summed E-state index contributed by atoms with van der Waals surface area (Å²) in [5.41, 5.74) is 14.4. The van der Waals surface area contributed by atoms with Gasteiger partial charge in [0.15, 0.2) is 0 Å². The summed E-state index contributed by atoms with van der Waals surface area (Å²) in [6, 6.07) is 74.8. The van der Waals surface area contributed by atoms with Crippen LogP contribution in [-0.4, -0.2) is 0 Å². The van der Waals surface area contributed by atoms with Gasteiger partial charge in [-0.1, -0.05) is 159 Å². The minimum Gasteiger partial charge on any atom is -0.310 e. The van der Waals surface area contributed by atoms with Crippen LogP contribution < -0.4 is 9.80 Å². The topological polar surface area (TPSA) is 6.48 Å². The lowest BCUT2D eigenvalue weighted by Crippen LogP contribution is -2.16. The van der Waals surface area contributed by atoms with Crippen LogP contribution in [-0.2, 0) is 5.41 Å². The minimum atomic E-state index is -0.0672. The van der Waals surface area contributed by atoms with Crippen LogP contribution in [0.25, 0.3) is 44.8 Å². The SMILES string of the molecule is CC1(C)c2ccccc2-c2ccc(N(c3ccccc3)c3ccc(C=Cc4ccc(N(c5ccc6ccccc6c5)c5ccc6ccccc6c5)cc4)cc3)cc21. The monoisotopic (exact) mass is 730 g/mol. The number of fused-ring (bicyclic) bond motifs is 5. The van der Waals surface area contributed by atoms with E-state index in [1.54, 1.807) is 0 Å². The first-order valence-electron chi connectivity index (χ1n) is 19.8. The molecule has 0 bridgehead atoms. The number of benzene rings is 9. The largest absolute Gasteiger partial charge is 0.310 e. The van der Waals surface area contributed by atoms with E-state index in [0.29, 0.717) is 0 Å².